The van der Waals surface area contributed by atoms with Crippen molar-refractivity contribution in [3.8, 4) is 0 Å². The summed E-state index contributed by atoms with van der Waals surface area (Å²) in [5.41, 5.74) is 6.82. The molecule has 3 heterocycles. The lowest BCUT2D eigenvalue weighted by atomic mass is 9.74. The molecule has 27 heavy (non-hydrogen) atoms. The molecule has 1 aliphatic carbocycles. The fourth-order valence-corrected chi connectivity index (χ4v) is 5.79. The van der Waals surface area contributed by atoms with Crippen LogP contribution in [0.1, 0.15) is 75.6 Å². The van der Waals surface area contributed by atoms with Crippen LogP contribution in [0.3, 0.4) is 0 Å². The van der Waals surface area contributed by atoms with Crippen molar-refractivity contribution < 1.29 is 4.79 Å². The minimum Gasteiger partial charge on any atom is -0.366 e. The molecule has 3 aliphatic rings. The Morgan fingerprint density at radius 2 is 2.04 bits per heavy atom. The molecule has 0 saturated carbocycles. The van der Waals surface area contributed by atoms with Crippen molar-refractivity contribution in [2.24, 2.45) is 5.92 Å². The second kappa shape index (κ2) is 6.85. The van der Waals surface area contributed by atoms with Gasteiger partial charge in [-0.05, 0) is 49.7 Å². The van der Waals surface area contributed by atoms with Crippen molar-refractivity contribution in [1.82, 2.24) is 9.88 Å². The van der Waals surface area contributed by atoms with Gasteiger partial charge in [0, 0.05) is 40.8 Å². The number of allylic oxidation sites excluding steroid dienone is 2. The Bertz CT molecular complexity index is 906. The van der Waals surface area contributed by atoms with Crippen LogP contribution >= 0.6 is 0 Å². The summed E-state index contributed by atoms with van der Waals surface area (Å²) >= 11 is 0. The maximum atomic E-state index is 12.8. The van der Waals surface area contributed by atoms with E-state index < -0.39 is 0 Å². The first-order valence-corrected chi connectivity index (χ1v) is 10.9. The first kappa shape index (κ1) is 17.1. The Balaban J connectivity index is 1.56. The second-order valence-corrected chi connectivity index (χ2v) is 8.59. The summed E-state index contributed by atoms with van der Waals surface area (Å²) in [7, 11) is 0. The van der Waals surface area contributed by atoms with Crippen LogP contribution in [0.5, 0.6) is 0 Å². The van der Waals surface area contributed by atoms with Crippen molar-refractivity contribution in [3.05, 3.63) is 46.8 Å². The summed E-state index contributed by atoms with van der Waals surface area (Å²) in [5, 5.41) is 1.40. The summed E-state index contributed by atoms with van der Waals surface area (Å²) in [4.78, 5) is 19.2. The Morgan fingerprint density at radius 1 is 1.15 bits per heavy atom. The molecule has 2 aliphatic heterocycles. The van der Waals surface area contributed by atoms with Crippen LogP contribution in [0, 0.1) is 5.92 Å². The van der Waals surface area contributed by atoms with Crippen LogP contribution in [-0.4, -0.2) is 22.2 Å². The van der Waals surface area contributed by atoms with Crippen LogP contribution in [0.25, 0.3) is 10.9 Å². The minimum absolute atomic E-state index is 0.428. The number of fused-ring (bicyclic) bond motifs is 6. The van der Waals surface area contributed by atoms with Gasteiger partial charge in [-0.15, -0.1) is 0 Å². The third kappa shape index (κ3) is 2.74. The number of rotatable bonds is 4. The number of ketones is 1. The number of para-hydroxylation sites is 1. The van der Waals surface area contributed by atoms with Gasteiger partial charge in [-0.2, -0.15) is 0 Å². The van der Waals surface area contributed by atoms with Gasteiger partial charge in [0.05, 0.1) is 6.04 Å². The fourth-order valence-electron chi connectivity index (χ4n) is 5.79. The number of aromatic amines is 1. The number of nitrogens with zero attached hydrogens (tertiary/aromatic N) is 1. The molecular weight excluding hydrogens is 332 g/mol. The zero-order valence-corrected chi connectivity index (χ0v) is 16.4. The summed E-state index contributed by atoms with van der Waals surface area (Å²) in [5.74, 6) is 0.900. The number of aromatic nitrogens is 1. The van der Waals surface area contributed by atoms with Gasteiger partial charge in [-0.1, -0.05) is 44.4 Å². The molecule has 2 atom stereocenters. The first-order valence-electron chi connectivity index (χ1n) is 10.9. The molecule has 3 heteroatoms. The molecule has 1 aromatic carbocycles. The fraction of sp³-hybridized carbons (Fsp3) is 0.542. The highest BCUT2D eigenvalue weighted by atomic mass is 16.1. The van der Waals surface area contributed by atoms with Crippen LogP contribution in [0.15, 0.2) is 35.5 Å². The lowest BCUT2D eigenvalue weighted by Gasteiger charge is -2.47. The SMILES string of the molecule is CCCCC[C@@H]1C[C@H]2c3[nH]c4ccccc4c3CCN2C2=C1C(=O)CCC2. The lowest BCUT2D eigenvalue weighted by molar-refractivity contribution is -0.117. The molecule has 0 radical (unpaired) electrons. The van der Waals surface area contributed by atoms with Gasteiger partial charge < -0.3 is 9.88 Å². The molecule has 1 aromatic heterocycles. The molecule has 5 rings (SSSR count). The Hall–Kier alpha value is -2.03. The van der Waals surface area contributed by atoms with Crippen LogP contribution in [0.4, 0.5) is 0 Å². The number of carbonyl (C=O) groups excluding carboxylic acids is 1. The third-order valence-electron chi connectivity index (χ3n) is 7.01. The normalized spacial score (nSPS) is 24.8. The van der Waals surface area contributed by atoms with E-state index in [1.807, 2.05) is 0 Å². The van der Waals surface area contributed by atoms with E-state index in [4.69, 9.17) is 0 Å². The molecule has 0 bridgehead atoms. The van der Waals surface area contributed by atoms with E-state index in [0.29, 0.717) is 17.7 Å². The highest BCUT2D eigenvalue weighted by Crippen LogP contribution is 2.49. The smallest absolute Gasteiger partial charge is 0.160 e. The van der Waals surface area contributed by atoms with Crippen LogP contribution < -0.4 is 0 Å². The minimum atomic E-state index is 0.428. The van der Waals surface area contributed by atoms with Gasteiger partial charge in [-0.25, -0.2) is 0 Å². The molecule has 142 valence electrons. The predicted molar refractivity (Wildman–Crippen MR) is 110 cm³/mol. The molecule has 0 amide bonds. The Morgan fingerprint density at radius 3 is 2.93 bits per heavy atom. The van der Waals surface area contributed by atoms with Crippen molar-refractivity contribution in [2.75, 3.05) is 6.54 Å². The average molecular weight is 363 g/mol. The molecule has 0 spiro atoms. The van der Waals surface area contributed by atoms with E-state index in [1.54, 1.807) is 0 Å². The summed E-state index contributed by atoms with van der Waals surface area (Å²) in [6, 6.07) is 9.16. The van der Waals surface area contributed by atoms with Gasteiger partial charge >= 0.3 is 0 Å². The highest BCUT2D eigenvalue weighted by molar-refractivity contribution is 5.97. The maximum Gasteiger partial charge on any atom is 0.160 e. The average Bonchev–Trinajstić information content (AvgIpc) is 3.07. The van der Waals surface area contributed by atoms with E-state index in [-0.39, 0.29) is 0 Å². The van der Waals surface area contributed by atoms with Crippen molar-refractivity contribution >= 4 is 16.7 Å². The summed E-state index contributed by atoms with van der Waals surface area (Å²) in [6.45, 7) is 3.32. The van der Waals surface area contributed by atoms with Gasteiger partial charge in [0.2, 0.25) is 0 Å². The van der Waals surface area contributed by atoms with E-state index in [0.717, 1.165) is 38.6 Å². The van der Waals surface area contributed by atoms with Gasteiger partial charge in [0.1, 0.15) is 0 Å². The third-order valence-corrected chi connectivity index (χ3v) is 7.01. The topological polar surface area (TPSA) is 36.1 Å². The van der Waals surface area contributed by atoms with Crippen LogP contribution in [0.2, 0.25) is 0 Å². The number of hydrogen-bond acceptors (Lipinski definition) is 2. The molecule has 2 aromatic rings. The van der Waals surface area contributed by atoms with Crippen LogP contribution in [-0.2, 0) is 11.2 Å². The highest BCUT2D eigenvalue weighted by Gasteiger charge is 2.42. The first-order chi connectivity index (χ1) is 13.3. The molecule has 0 fully saturated rings. The number of nitrogens with one attached hydrogen (secondary N) is 1. The van der Waals surface area contributed by atoms with E-state index >= 15 is 0 Å². The zero-order chi connectivity index (χ0) is 18.4. The predicted octanol–water partition coefficient (Wildman–Crippen LogP) is 5.67. The Labute approximate surface area is 161 Å². The van der Waals surface area contributed by atoms with Crippen molar-refractivity contribution in [2.45, 2.75) is 70.8 Å². The monoisotopic (exact) mass is 362 g/mol. The number of Topliss-reactive ketones (excluding diaryl/α,β-unsaturated/α-hetero) is 1. The molecule has 1 N–H and O–H groups in total. The number of carbonyl (C=O) groups is 1. The number of hydrogen-bond donors (Lipinski definition) is 1. The largest absolute Gasteiger partial charge is 0.366 e. The van der Waals surface area contributed by atoms with E-state index in [9.17, 15) is 4.79 Å². The summed E-state index contributed by atoms with van der Waals surface area (Å²) < 4.78 is 0. The van der Waals surface area contributed by atoms with Gasteiger partial charge in [0.25, 0.3) is 0 Å². The molecule has 3 nitrogen and oxygen atoms in total. The van der Waals surface area contributed by atoms with Gasteiger partial charge in [0.15, 0.2) is 5.78 Å². The number of benzene rings is 1. The standard InChI is InChI=1S/C24H30N2O/c1-2-3-4-8-16-15-21-24-18(17-9-5-6-10-19(17)25-24)13-14-26(21)20-11-7-12-22(27)23(16)20/h5-6,9-10,16,21,25H,2-4,7-8,11-15H2,1H3/t16-,21+/m1/s1. The Kier molecular flexibility index (Phi) is 4.34. The quantitative estimate of drug-likeness (QED) is 0.711. The number of H-pyrrole nitrogens is 1. The van der Waals surface area contributed by atoms with Crippen molar-refractivity contribution in [3.63, 3.8) is 0 Å². The van der Waals surface area contributed by atoms with E-state index in [2.05, 4.69) is 41.1 Å². The molecule has 0 saturated heterocycles. The lowest BCUT2D eigenvalue weighted by Crippen LogP contribution is -2.43. The summed E-state index contributed by atoms with van der Waals surface area (Å²) in [6.07, 6.45) is 10.0. The zero-order valence-electron chi connectivity index (χ0n) is 16.4. The maximum absolute atomic E-state index is 12.8. The number of unbranched alkanes of at least 4 members (excludes halogenated alkanes) is 2. The molecular formula is C24H30N2O. The molecule has 0 unspecified atom stereocenters. The second-order valence-electron chi connectivity index (χ2n) is 8.59. The van der Waals surface area contributed by atoms with E-state index in [1.165, 1.54) is 59.1 Å². The van der Waals surface area contributed by atoms with Crippen molar-refractivity contribution in [1.29, 1.82) is 0 Å². The van der Waals surface area contributed by atoms with Gasteiger partial charge in [-0.3, -0.25) is 4.79 Å².